The second-order valence-corrected chi connectivity index (χ2v) is 7.05. The molecule has 1 aromatic heterocycles. The van der Waals surface area contributed by atoms with Gasteiger partial charge in [0.2, 0.25) is 0 Å². The van der Waals surface area contributed by atoms with E-state index >= 15 is 0 Å². The SMILES string of the molecule is CC(=O)Nc1cc([As](=O)(O)O)ccc1O.c1c[nH]cn1. The molecular weight excluding hydrogens is 329 g/mol. The van der Waals surface area contributed by atoms with Crippen molar-refractivity contribution in [3.05, 3.63) is 36.9 Å². The average molecular weight is 343 g/mol. The molecule has 1 aromatic carbocycles. The van der Waals surface area contributed by atoms with Crippen molar-refractivity contribution < 1.29 is 21.8 Å². The number of phenolic OH excluding ortho intramolecular Hbond substituents is 1. The van der Waals surface area contributed by atoms with Crippen molar-refractivity contribution in [3.63, 3.8) is 0 Å². The molecule has 1 amide bonds. The van der Waals surface area contributed by atoms with Crippen molar-refractivity contribution in [1.82, 2.24) is 9.97 Å². The minimum atomic E-state index is -4.98. The minimum Gasteiger partial charge on any atom is -0.351 e. The monoisotopic (exact) mass is 343 g/mol. The first-order chi connectivity index (χ1) is 9.30. The maximum atomic E-state index is 10.9. The molecule has 9 heteroatoms. The van der Waals surface area contributed by atoms with E-state index in [2.05, 4.69) is 15.3 Å². The van der Waals surface area contributed by atoms with Crippen LogP contribution in [-0.2, 0) is 8.53 Å². The van der Waals surface area contributed by atoms with Gasteiger partial charge in [-0.1, -0.05) is 0 Å². The van der Waals surface area contributed by atoms with Crippen LogP contribution in [0.4, 0.5) is 5.69 Å². The van der Waals surface area contributed by atoms with Gasteiger partial charge in [0.15, 0.2) is 0 Å². The molecule has 2 rings (SSSR count). The second-order valence-electron chi connectivity index (χ2n) is 3.69. The first kappa shape index (κ1) is 16.0. The molecule has 2 aromatic rings. The Bertz CT molecular complexity index is 591. The number of anilines is 1. The van der Waals surface area contributed by atoms with Crippen LogP contribution in [0.5, 0.6) is 5.75 Å². The predicted molar refractivity (Wildman–Crippen MR) is 71.5 cm³/mol. The fourth-order valence-electron chi connectivity index (χ4n) is 1.21. The van der Waals surface area contributed by atoms with Crippen molar-refractivity contribution in [2.45, 2.75) is 6.92 Å². The number of nitrogens with zero attached hydrogens (tertiary/aromatic N) is 1. The summed E-state index contributed by atoms with van der Waals surface area (Å²) in [5.41, 5.74) is -0.00951. The quantitative estimate of drug-likeness (QED) is 0.362. The Morgan fingerprint density at radius 1 is 1.40 bits per heavy atom. The molecule has 0 aliphatic carbocycles. The Hall–Kier alpha value is -2.02. The number of hydrogen-bond donors (Lipinski definition) is 5. The first-order valence-corrected chi connectivity index (χ1v) is 8.78. The zero-order chi connectivity index (χ0) is 15.2. The fraction of sp³-hybridized carbons (Fsp3) is 0.0909. The van der Waals surface area contributed by atoms with E-state index in [9.17, 15) is 13.6 Å². The maximum absolute atomic E-state index is 10.9. The molecule has 0 saturated heterocycles. The maximum Gasteiger partial charge on any atom is 0.0919 e. The Kier molecular flexibility index (Phi) is 5.57. The van der Waals surface area contributed by atoms with Gasteiger partial charge in [0.05, 0.1) is 6.33 Å². The van der Waals surface area contributed by atoms with Crippen molar-refractivity contribution in [1.29, 1.82) is 0 Å². The number of aromatic nitrogens is 2. The summed E-state index contributed by atoms with van der Waals surface area (Å²) in [6.45, 7) is 1.23. The van der Waals surface area contributed by atoms with Gasteiger partial charge in [-0.3, -0.25) is 0 Å². The van der Waals surface area contributed by atoms with Crippen LogP contribution in [0.15, 0.2) is 36.9 Å². The van der Waals surface area contributed by atoms with E-state index in [-0.39, 0.29) is 15.8 Å². The molecule has 0 aliphatic rings. The molecule has 8 nitrogen and oxygen atoms in total. The zero-order valence-electron chi connectivity index (χ0n) is 10.5. The molecule has 0 atom stereocenters. The fourth-order valence-corrected chi connectivity index (χ4v) is 2.40. The van der Waals surface area contributed by atoms with Crippen LogP contribution < -0.4 is 9.67 Å². The topological polar surface area (TPSA) is 136 Å². The van der Waals surface area contributed by atoms with E-state index in [1.807, 2.05) is 0 Å². The van der Waals surface area contributed by atoms with Gasteiger partial charge >= 0.3 is 88.1 Å². The summed E-state index contributed by atoms with van der Waals surface area (Å²) in [6.07, 6.45) is 5.08. The zero-order valence-corrected chi connectivity index (χ0v) is 12.4. The summed E-state index contributed by atoms with van der Waals surface area (Å²) >= 11 is -4.98. The van der Waals surface area contributed by atoms with Crippen LogP contribution in [0.25, 0.3) is 0 Å². The standard InChI is InChI=1S/C8H10AsNO5.C3H4N2/c1-5(11)10-7-4-6(9(13,14)15)2-3-8(7)12;1-2-5-3-4-1/h2-4,12H,1H3,(H,10,11)(H2,13,14,15);1-3H,(H,4,5). The number of rotatable bonds is 2. The Labute approximate surface area is 117 Å². The average Bonchev–Trinajstić information content (AvgIpc) is 2.88. The van der Waals surface area contributed by atoms with E-state index in [4.69, 9.17) is 8.19 Å². The van der Waals surface area contributed by atoms with E-state index < -0.39 is 20.1 Å². The molecule has 20 heavy (non-hydrogen) atoms. The van der Waals surface area contributed by atoms with Gasteiger partial charge in [-0.25, -0.2) is 4.98 Å². The van der Waals surface area contributed by atoms with Gasteiger partial charge in [0.1, 0.15) is 0 Å². The van der Waals surface area contributed by atoms with Crippen molar-refractivity contribution in [2.24, 2.45) is 0 Å². The summed E-state index contributed by atoms with van der Waals surface area (Å²) < 4.78 is 28.6. The smallest absolute Gasteiger partial charge is 0.0919 e. The summed E-state index contributed by atoms with van der Waals surface area (Å²) in [5.74, 6) is -0.668. The number of imidazole rings is 1. The predicted octanol–water partition coefficient (Wildman–Crippen LogP) is -0.679. The molecule has 0 aliphatic heterocycles. The molecule has 0 unspecified atom stereocenters. The normalized spacial score (nSPS) is 10.3. The number of nitrogens with one attached hydrogen (secondary N) is 2. The van der Waals surface area contributed by atoms with E-state index in [1.54, 1.807) is 18.7 Å². The van der Waals surface area contributed by atoms with Gasteiger partial charge in [-0.15, -0.1) is 0 Å². The third kappa shape index (κ3) is 5.31. The Morgan fingerprint density at radius 3 is 2.50 bits per heavy atom. The molecule has 0 spiro atoms. The van der Waals surface area contributed by atoms with E-state index in [1.165, 1.54) is 6.92 Å². The molecule has 5 N–H and O–H groups in total. The van der Waals surface area contributed by atoms with Crippen molar-refractivity contribution >= 4 is 30.1 Å². The summed E-state index contributed by atoms with van der Waals surface area (Å²) in [7, 11) is 0. The second kappa shape index (κ2) is 6.95. The largest absolute Gasteiger partial charge is 0.351 e. The van der Waals surface area contributed by atoms with Gasteiger partial charge < -0.3 is 4.98 Å². The summed E-state index contributed by atoms with van der Waals surface area (Å²) in [5, 5.41) is 11.6. The van der Waals surface area contributed by atoms with Gasteiger partial charge in [-0.05, 0) is 0 Å². The molecule has 0 saturated carbocycles. The molecular formula is C11H14AsN3O5. The van der Waals surface area contributed by atoms with Gasteiger partial charge in [-0.2, -0.15) is 0 Å². The summed E-state index contributed by atoms with van der Waals surface area (Å²) in [4.78, 5) is 17.1. The van der Waals surface area contributed by atoms with Gasteiger partial charge in [0.25, 0.3) is 0 Å². The van der Waals surface area contributed by atoms with Crippen LogP contribution in [0.1, 0.15) is 6.92 Å². The van der Waals surface area contributed by atoms with Crippen LogP contribution in [-0.4, -0.2) is 43.3 Å². The van der Waals surface area contributed by atoms with Crippen LogP contribution in [0, 0.1) is 0 Å². The number of aromatic amines is 1. The number of benzene rings is 1. The van der Waals surface area contributed by atoms with Crippen molar-refractivity contribution in [2.75, 3.05) is 5.32 Å². The summed E-state index contributed by atoms with van der Waals surface area (Å²) in [6, 6.07) is 3.32. The first-order valence-electron chi connectivity index (χ1n) is 5.40. The number of phenols is 1. The number of H-pyrrole nitrogens is 1. The number of amides is 1. The van der Waals surface area contributed by atoms with Gasteiger partial charge in [0, 0.05) is 12.4 Å². The number of carbonyl (C=O) groups excluding carboxylic acids is 1. The molecule has 108 valence electrons. The molecule has 0 fully saturated rings. The molecule has 1 heterocycles. The number of hydrogen-bond acceptors (Lipinski definition) is 4. The third-order valence-corrected chi connectivity index (χ3v) is 4.03. The van der Waals surface area contributed by atoms with E-state index in [0.717, 1.165) is 18.2 Å². The number of aromatic hydroxyl groups is 1. The number of carbonyl (C=O) groups is 1. The van der Waals surface area contributed by atoms with Crippen LogP contribution in [0.2, 0.25) is 0 Å². The Morgan fingerprint density at radius 2 is 2.10 bits per heavy atom. The van der Waals surface area contributed by atoms with E-state index in [0.29, 0.717) is 0 Å². The molecule has 0 radical (unpaired) electrons. The molecule has 0 bridgehead atoms. The Balaban J connectivity index is 0.000000333. The van der Waals surface area contributed by atoms with Crippen molar-refractivity contribution in [3.8, 4) is 5.75 Å². The third-order valence-electron chi connectivity index (χ3n) is 2.03. The minimum absolute atomic E-state index is 0.00951. The van der Waals surface area contributed by atoms with Crippen LogP contribution in [0.3, 0.4) is 0 Å². The van der Waals surface area contributed by atoms with Crippen LogP contribution >= 0.6 is 0 Å².